The van der Waals surface area contributed by atoms with Gasteiger partial charge in [-0.2, -0.15) is 0 Å². The van der Waals surface area contributed by atoms with Crippen LogP contribution in [0.3, 0.4) is 0 Å². The van der Waals surface area contributed by atoms with E-state index in [0.717, 1.165) is 35.3 Å². The van der Waals surface area contributed by atoms with Gasteiger partial charge >= 0.3 is 5.97 Å². The Morgan fingerprint density at radius 3 is 2.89 bits per heavy atom. The van der Waals surface area contributed by atoms with Crippen LogP contribution in [0.5, 0.6) is 5.75 Å². The number of carbonyl (C=O) groups is 2. The third-order valence-corrected chi connectivity index (χ3v) is 8.15. The summed E-state index contributed by atoms with van der Waals surface area (Å²) in [6.07, 6.45) is 2.38. The van der Waals surface area contributed by atoms with E-state index in [0.29, 0.717) is 38.9 Å². The molecule has 1 atom stereocenters. The highest BCUT2D eigenvalue weighted by Gasteiger charge is 2.28. The molecule has 0 spiro atoms. The Labute approximate surface area is 217 Å². The first-order chi connectivity index (χ1) is 16.8. The van der Waals surface area contributed by atoms with E-state index in [9.17, 15) is 9.59 Å². The number of anilines is 1. The molecule has 0 radical (unpaired) electrons. The molecular formula is C24H27ClN4O4S2. The Bertz CT molecular complexity index is 1260. The van der Waals surface area contributed by atoms with E-state index in [1.165, 1.54) is 23.1 Å². The first kappa shape index (κ1) is 25.5. The van der Waals surface area contributed by atoms with E-state index in [1.54, 1.807) is 17.6 Å². The molecule has 0 aliphatic heterocycles. The summed E-state index contributed by atoms with van der Waals surface area (Å²) in [6.45, 7) is 5.90. The first-order valence-corrected chi connectivity index (χ1v) is 13.5. The number of fused-ring (bicyclic) bond motifs is 1. The minimum Gasteiger partial charge on any atom is -0.481 e. The van der Waals surface area contributed by atoms with Crippen molar-refractivity contribution in [2.75, 3.05) is 17.7 Å². The number of nitrogens with zero attached hydrogens (tertiary/aromatic N) is 3. The van der Waals surface area contributed by atoms with Gasteiger partial charge in [-0.05, 0) is 63.3 Å². The normalized spacial score (nSPS) is 13.4. The second-order valence-corrected chi connectivity index (χ2v) is 10.7. The number of thiophene rings is 1. The van der Waals surface area contributed by atoms with E-state index < -0.39 is 6.10 Å². The fourth-order valence-electron chi connectivity index (χ4n) is 3.95. The van der Waals surface area contributed by atoms with Gasteiger partial charge in [0.15, 0.2) is 17.1 Å². The Morgan fingerprint density at radius 2 is 2.11 bits per heavy atom. The van der Waals surface area contributed by atoms with E-state index in [1.807, 2.05) is 33.0 Å². The van der Waals surface area contributed by atoms with Crippen LogP contribution in [0.25, 0.3) is 0 Å². The molecule has 4 rings (SSSR count). The van der Waals surface area contributed by atoms with Gasteiger partial charge in [0.2, 0.25) is 5.91 Å². The fraction of sp³-hybridized carbons (Fsp3) is 0.417. The Hall–Kier alpha value is -2.56. The van der Waals surface area contributed by atoms with Crippen molar-refractivity contribution in [1.29, 1.82) is 0 Å². The number of benzene rings is 1. The van der Waals surface area contributed by atoms with Crippen LogP contribution in [0.15, 0.2) is 23.4 Å². The summed E-state index contributed by atoms with van der Waals surface area (Å²) >= 11 is 8.98. The molecule has 0 saturated heterocycles. The van der Waals surface area contributed by atoms with Crippen molar-refractivity contribution < 1.29 is 19.1 Å². The third kappa shape index (κ3) is 5.65. The maximum absolute atomic E-state index is 12.7. The molecule has 186 valence electrons. The highest BCUT2D eigenvalue weighted by molar-refractivity contribution is 7.99. The topological polar surface area (TPSA) is 95.3 Å². The predicted octanol–water partition coefficient (Wildman–Crippen LogP) is 5.37. The molecule has 0 saturated carbocycles. The molecule has 2 heterocycles. The molecule has 1 aromatic carbocycles. The standard InChI is InChI=1S/C24H27ClN4O4S2/c1-5-32-23(31)20-15-7-6-8-18(15)35-22(20)26-19(30)12-34-24-28-27-21(29(24)4)14(3)33-17-11-13(2)9-10-16(17)25/h9-11,14H,5-8,12H2,1-4H3,(H,26,30). The minimum absolute atomic E-state index is 0.121. The number of hydrogen-bond acceptors (Lipinski definition) is 8. The van der Waals surface area contributed by atoms with Crippen molar-refractivity contribution in [2.24, 2.45) is 7.05 Å². The third-order valence-electron chi connectivity index (χ3n) is 5.61. The zero-order valence-electron chi connectivity index (χ0n) is 20.0. The molecular weight excluding hydrogens is 508 g/mol. The van der Waals surface area contributed by atoms with E-state index in [4.69, 9.17) is 21.1 Å². The molecule has 1 aliphatic rings. The molecule has 1 aliphatic carbocycles. The van der Waals surface area contributed by atoms with Crippen LogP contribution in [0.4, 0.5) is 5.00 Å². The minimum atomic E-state index is -0.393. The molecule has 8 nitrogen and oxygen atoms in total. The summed E-state index contributed by atoms with van der Waals surface area (Å²) in [5, 5.41) is 13.0. The largest absolute Gasteiger partial charge is 0.481 e. The van der Waals surface area contributed by atoms with Gasteiger partial charge in [-0.1, -0.05) is 29.4 Å². The smallest absolute Gasteiger partial charge is 0.341 e. The summed E-state index contributed by atoms with van der Waals surface area (Å²) in [6, 6.07) is 5.59. The first-order valence-electron chi connectivity index (χ1n) is 11.3. The molecule has 11 heteroatoms. The van der Waals surface area contributed by atoms with Crippen LogP contribution in [0, 0.1) is 6.92 Å². The van der Waals surface area contributed by atoms with Crippen molar-refractivity contribution in [3.05, 3.63) is 50.6 Å². The Kier molecular flexibility index (Phi) is 8.03. The van der Waals surface area contributed by atoms with Gasteiger partial charge in [0, 0.05) is 11.9 Å². The molecule has 1 unspecified atom stereocenters. The zero-order valence-corrected chi connectivity index (χ0v) is 22.4. The molecule has 1 N–H and O–H groups in total. The lowest BCUT2D eigenvalue weighted by atomic mass is 10.1. The average molecular weight is 535 g/mol. The molecule has 0 fully saturated rings. The number of carbonyl (C=O) groups excluding carboxylic acids is 2. The number of nitrogens with one attached hydrogen (secondary N) is 1. The number of aryl methyl sites for hydroxylation is 2. The summed E-state index contributed by atoms with van der Waals surface area (Å²) in [7, 11) is 1.83. The quantitative estimate of drug-likeness (QED) is 0.291. The van der Waals surface area contributed by atoms with Crippen LogP contribution < -0.4 is 10.1 Å². The van der Waals surface area contributed by atoms with Crippen molar-refractivity contribution in [3.8, 4) is 5.75 Å². The van der Waals surface area contributed by atoms with Crippen LogP contribution in [0.1, 0.15) is 58.6 Å². The molecule has 1 amide bonds. The van der Waals surface area contributed by atoms with Crippen molar-refractivity contribution >= 4 is 51.6 Å². The van der Waals surface area contributed by atoms with Crippen molar-refractivity contribution in [3.63, 3.8) is 0 Å². The lowest BCUT2D eigenvalue weighted by molar-refractivity contribution is -0.113. The number of esters is 1. The SMILES string of the molecule is CCOC(=O)c1c(NC(=O)CSc2nnc(C(C)Oc3cc(C)ccc3Cl)n2C)sc2c1CCC2. The number of halogens is 1. The Balaban J connectivity index is 1.40. The van der Waals surface area contributed by atoms with Gasteiger partial charge in [-0.3, -0.25) is 4.79 Å². The van der Waals surface area contributed by atoms with E-state index in [2.05, 4.69) is 15.5 Å². The number of ether oxygens (including phenoxy) is 2. The summed E-state index contributed by atoms with van der Waals surface area (Å²) in [5.74, 6) is 0.715. The number of rotatable bonds is 9. The van der Waals surface area contributed by atoms with Gasteiger partial charge in [0.25, 0.3) is 0 Å². The zero-order chi connectivity index (χ0) is 25.1. The van der Waals surface area contributed by atoms with Crippen LogP contribution in [-0.4, -0.2) is 39.0 Å². The van der Waals surface area contributed by atoms with Gasteiger partial charge in [-0.15, -0.1) is 21.5 Å². The molecule has 0 bridgehead atoms. The number of hydrogen-bond donors (Lipinski definition) is 1. The van der Waals surface area contributed by atoms with Crippen molar-refractivity contribution in [2.45, 2.75) is 51.3 Å². The lowest BCUT2D eigenvalue weighted by Crippen LogP contribution is -2.17. The number of thioether (sulfide) groups is 1. The number of aromatic nitrogens is 3. The van der Waals surface area contributed by atoms with Gasteiger partial charge in [0.1, 0.15) is 10.8 Å². The highest BCUT2D eigenvalue weighted by Crippen LogP contribution is 2.39. The van der Waals surface area contributed by atoms with E-state index in [-0.39, 0.29) is 17.6 Å². The number of amides is 1. The van der Waals surface area contributed by atoms with Crippen LogP contribution in [-0.2, 0) is 29.4 Å². The monoisotopic (exact) mass is 534 g/mol. The molecule has 2 aromatic heterocycles. The second kappa shape index (κ2) is 11.0. The van der Waals surface area contributed by atoms with Gasteiger partial charge in [-0.25, -0.2) is 4.79 Å². The lowest BCUT2D eigenvalue weighted by Gasteiger charge is -2.15. The molecule has 3 aromatic rings. The highest BCUT2D eigenvalue weighted by atomic mass is 35.5. The maximum atomic E-state index is 12.7. The predicted molar refractivity (Wildman–Crippen MR) is 138 cm³/mol. The summed E-state index contributed by atoms with van der Waals surface area (Å²) in [5.41, 5.74) is 2.56. The van der Waals surface area contributed by atoms with Crippen molar-refractivity contribution in [1.82, 2.24) is 14.8 Å². The summed E-state index contributed by atoms with van der Waals surface area (Å²) < 4.78 is 13.0. The van der Waals surface area contributed by atoms with Crippen LogP contribution >= 0.6 is 34.7 Å². The van der Waals surface area contributed by atoms with E-state index >= 15 is 0 Å². The maximum Gasteiger partial charge on any atom is 0.341 e. The Morgan fingerprint density at radius 1 is 1.31 bits per heavy atom. The van der Waals surface area contributed by atoms with Gasteiger partial charge < -0.3 is 19.4 Å². The summed E-state index contributed by atoms with van der Waals surface area (Å²) in [4.78, 5) is 26.4. The average Bonchev–Trinajstić information content (AvgIpc) is 3.49. The van der Waals surface area contributed by atoms with Gasteiger partial charge in [0.05, 0.1) is 22.9 Å². The molecule has 35 heavy (non-hydrogen) atoms. The second-order valence-electron chi connectivity index (χ2n) is 8.21. The van der Waals surface area contributed by atoms with Crippen LogP contribution in [0.2, 0.25) is 5.02 Å². The fourth-order valence-corrected chi connectivity index (χ4v) is 6.13.